The van der Waals surface area contributed by atoms with Gasteiger partial charge in [0.2, 0.25) is 5.91 Å². The minimum Gasteiger partial charge on any atom is -0.384 e. The van der Waals surface area contributed by atoms with Crippen LogP contribution in [-0.2, 0) is 9.53 Å². The second-order valence-electron chi connectivity index (χ2n) is 6.31. The van der Waals surface area contributed by atoms with Crippen LogP contribution in [0.15, 0.2) is 18.2 Å². The summed E-state index contributed by atoms with van der Waals surface area (Å²) >= 11 is 6.11. The van der Waals surface area contributed by atoms with Crippen LogP contribution in [0.2, 0.25) is 5.02 Å². The fourth-order valence-electron chi connectivity index (χ4n) is 2.89. The van der Waals surface area contributed by atoms with E-state index in [9.17, 15) is 9.59 Å². The molecule has 132 valence electrons. The molecule has 1 heterocycles. The molecule has 0 aliphatic carbocycles. The van der Waals surface area contributed by atoms with E-state index in [0.717, 1.165) is 13.1 Å². The standard InChI is InChI=1S/C17H24ClN3O3/c1-21(2)15(22)13-10-12(4-5-14(13)18)20-16(23)17(11-24-3)6-8-19-9-7-17/h4-5,10,19H,6-9,11H2,1-3H3,(H,20,23). The highest BCUT2D eigenvalue weighted by Gasteiger charge is 2.39. The van der Waals surface area contributed by atoms with E-state index in [-0.39, 0.29) is 11.8 Å². The van der Waals surface area contributed by atoms with Gasteiger partial charge in [0, 0.05) is 26.9 Å². The third-order valence-corrected chi connectivity index (χ3v) is 4.65. The van der Waals surface area contributed by atoms with Crippen LogP contribution in [0, 0.1) is 5.41 Å². The second-order valence-corrected chi connectivity index (χ2v) is 6.72. The molecule has 6 nitrogen and oxygen atoms in total. The van der Waals surface area contributed by atoms with Crippen molar-refractivity contribution in [2.24, 2.45) is 5.41 Å². The zero-order chi connectivity index (χ0) is 17.7. The van der Waals surface area contributed by atoms with Crippen molar-refractivity contribution in [1.82, 2.24) is 10.2 Å². The minimum absolute atomic E-state index is 0.0866. The average molecular weight is 354 g/mol. The molecule has 1 aliphatic heterocycles. The number of piperidine rings is 1. The maximum Gasteiger partial charge on any atom is 0.254 e. The number of carbonyl (C=O) groups is 2. The summed E-state index contributed by atoms with van der Waals surface area (Å²) in [6.45, 7) is 1.93. The van der Waals surface area contributed by atoms with Gasteiger partial charge >= 0.3 is 0 Å². The van der Waals surface area contributed by atoms with E-state index in [1.165, 1.54) is 4.90 Å². The van der Waals surface area contributed by atoms with E-state index in [0.29, 0.717) is 35.7 Å². The molecular weight excluding hydrogens is 330 g/mol. The molecule has 0 aromatic heterocycles. The monoisotopic (exact) mass is 353 g/mol. The van der Waals surface area contributed by atoms with E-state index >= 15 is 0 Å². The molecule has 0 atom stereocenters. The number of nitrogens with zero attached hydrogens (tertiary/aromatic N) is 1. The maximum atomic E-state index is 12.8. The number of anilines is 1. The van der Waals surface area contributed by atoms with Gasteiger partial charge in [-0.3, -0.25) is 9.59 Å². The van der Waals surface area contributed by atoms with Gasteiger partial charge in [0.05, 0.1) is 22.6 Å². The summed E-state index contributed by atoms with van der Waals surface area (Å²) in [5.74, 6) is -0.291. The first-order chi connectivity index (χ1) is 11.4. The van der Waals surface area contributed by atoms with Gasteiger partial charge in [-0.25, -0.2) is 0 Å². The zero-order valence-electron chi connectivity index (χ0n) is 14.3. The fourth-order valence-corrected chi connectivity index (χ4v) is 3.09. The van der Waals surface area contributed by atoms with Crippen molar-refractivity contribution in [2.45, 2.75) is 12.8 Å². The number of benzene rings is 1. The van der Waals surface area contributed by atoms with Crippen molar-refractivity contribution < 1.29 is 14.3 Å². The normalized spacial score (nSPS) is 16.5. The molecule has 1 fully saturated rings. The Bertz CT molecular complexity index is 608. The van der Waals surface area contributed by atoms with Crippen molar-refractivity contribution in [2.75, 3.05) is 46.2 Å². The third-order valence-electron chi connectivity index (χ3n) is 4.32. The number of hydrogen-bond acceptors (Lipinski definition) is 4. The van der Waals surface area contributed by atoms with Gasteiger partial charge in [0.1, 0.15) is 0 Å². The Hall–Kier alpha value is -1.63. The Balaban J connectivity index is 2.21. The number of halogens is 1. The molecule has 0 spiro atoms. The molecule has 1 aromatic rings. The molecule has 2 N–H and O–H groups in total. The summed E-state index contributed by atoms with van der Waals surface area (Å²) < 4.78 is 5.29. The molecule has 1 saturated heterocycles. The van der Waals surface area contributed by atoms with Crippen molar-refractivity contribution in [3.63, 3.8) is 0 Å². The van der Waals surface area contributed by atoms with Gasteiger partial charge in [-0.05, 0) is 44.1 Å². The van der Waals surface area contributed by atoms with Crippen LogP contribution in [0.25, 0.3) is 0 Å². The molecule has 2 rings (SSSR count). The van der Waals surface area contributed by atoms with E-state index < -0.39 is 5.41 Å². The van der Waals surface area contributed by atoms with Gasteiger partial charge < -0.3 is 20.3 Å². The van der Waals surface area contributed by atoms with Crippen LogP contribution in [0.4, 0.5) is 5.69 Å². The van der Waals surface area contributed by atoms with Gasteiger partial charge in [0.25, 0.3) is 5.91 Å². The highest BCUT2D eigenvalue weighted by Crippen LogP contribution is 2.31. The van der Waals surface area contributed by atoms with E-state index in [2.05, 4.69) is 10.6 Å². The lowest BCUT2D eigenvalue weighted by atomic mass is 9.78. The molecule has 1 aromatic carbocycles. The number of amides is 2. The van der Waals surface area contributed by atoms with Gasteiger partial charge in [-0.1, -0.05) is 11.6 Å². The molecule has 2 amide bonds. The van der Waals surface area contributed by atoms with Crippen molar-refractivity contribution >= 4 is 29.1 Å². The zero-order valence-corrected chi connectivity index (χ0v) is 15.1. The Kier molecular flexibility index (Phi) is 6.21. The Morgan fingerprint density at radius 2 is 2.00 bits per heavy atom. The Morgan fingerprint density at radius 3 is 2.58 bits per heavy atom. The van der Waals surface area contributed by atoms with Crippen molar-refractivity contribution in [3.8, 4) is 0 Å². The summed E-state index contributed by atoms with van der Waals surface area (Å²) in [5.41, 5.74) is 0.375. The Labute approximate surface area is 147 Å². The topological polar surface area (TPSA) is 70.7 Å². The maximum absolute atomic E-state index is 12.8. The molecule has 0 unspecified atom stereocenters. The van der Waals surface area contributed by atoms with Crippen molar-refractivity contribution in [3.05, 3.63) is 28.8 Å². The number of carbonyl (C=O) groups excluding carboxylic acids is 2. The first-order valence-electron chi connectivity index (χ1n) is 7.92. The van der Waals surface area contributed by atoms with E-state index in [1.807, 2.05) is 0 Å². The summed E-state index contributed by atoms with van der Waals surface area (Å²) in [5, 5.41) is 6.54. The van der Waals surface area contributed by atoms with Crippen LogP contribution < -0.4 is 10.6 Å². The van der Waals surface area contributed by atoms with Gasteiger partial charge in [-0.2, -0.15) is 0 Å². The SMILES string of the molecule is COCC1(C(=O)Nc2ccc(Cl)c(C(=O)N(C)C)c2)CCNCC1. The predicted octanol–water partition coefficient (Wildman–Crippen LogP) is 2.00. The van der Waals surface area contributed by atoms with Crippen LogP contribution in [-0.4, -0.2) is 57.6 Å². The second kappa shape index (κ2) is 7.96. The number of rotatable bonds is 5. The van der Waals surface area contributed by atoms with Crippen molar-refractivity contribution in [1.29, 1.82) is 0 Å². The molecule has 1 aliphatic rings. The minimum atomic E-state index is -0.550. The summed E-state index contributed by atoms with van der Waals surface area (Å²) in [4.78, 5) is 26.5. The first-order valence-corrected chi connectivity index (χ1v) is 8.30. The molecule has 0 bridgehead atoms. The number of ether oxygens (including phenoxy) is 1. The van der Waals surface area contributed by atoms with Crippen LogP contribution in [0.5, 0.6) is 0 Å². The summed E-state index contributed by atoms with van der Waals surface area (Å²) in [7, 11) is 4.92. The quantitative estimate of drug-likeness (QED) is 0.849. The summed E-state index contributed by atoms with van der Waals surface area (Å²) in [6.07, 6.45) is 1.42. The third kappa shape index (κ3) is 4.06. The fraction of sp³-hybridized carbons (Fsp3) is 0.529. The highest BCUT2D eigenvalue weighted by atomic mass is 35.5. The lowest BCUT2D eigenvalue weighted by Gasteiger charge is -2.35. The van der Waals surface area contributed by atoms with Gasteiger partial charge in [0.15, 0.2) is 0 Å². The molecule has 0 saturated carbocycles. The number of nitrogens with one attached hydrogen (secondary N) is 2. The molecular formula is C17H24ClN3O3. The van der Waals surface area contributed by atoms with Crippen LogP contribution >= 0.6 is 11.6 Å². The number of methoxy groups -OCH3 is 1. The lowest BCUT2D eigenvalue weighted by molar-refractivity contribution is -0.130. The van der Waals surface area contributed by atoms with E-state index in [4.69, 9.17) is 16.3 Å². The molecule has 24 heavy (non-hydrogen) atoms. The first kappa shape index (κ1) is 18.7. The number of hydrogen-bond donors (Lipinski definition) is 2. The van der Waals surface area contributed by atoms with Crippen LogP contribution in [0.3, 0.4) is 0 Å². The highest BCUT2D eigenvalue weighted by molar-refractivity contribution is 6.34. The Morgan fingerprint density at radius 1 is 1.33 bits per heavy atom. The lowest BCUT2D eigenvalue weighted by Crippen LogP contribution is -2.47. The molecule has 0 radical (unpaired) electrons. The van der Waals surface area contributed by atoms with Crippen LogP contribution in [0.1, 0.15) is 23.2 Å². The van der Waals surface area contributed by atoms with E-state index in [1.54, 1.807) is 39.4 Å². The summed E-state index contributed by atoms with van der Waals surface area (Å²) in [6, 6.07) is 4.94. The van der Waals surface area contributed by atoms with Gasteiger partial charge in [-0.15, -0.1) is 0 Å². The average Bonchev–Trinajstić information content (AvgIpc) is 2.57. The smallest absolute Gasteiger partial charge is 0.254 e. The molecule has 7 heteroatoms. The largest absolute Gasteiger partial charge is 0.384 e. The predicted molar refractivity (Wildman–Crippen MR) is 94.5 cm³/mol.